The van der Waals surface area contributed by atoms with Gasteiger partial charge in [-0.1, -0.05) is 25.7 Å². The summed E-state index contributed by atoms with van der Waals surface area (Å²) in [5, 5.41) is 0. The first-order chi connectivity index (χ1) is 18.2. The van der Waals surface area contributed by atoms with Crippen molar-refractivity contribution in [2.24, 2.45) is 5.73 Å². The summed E-state index contributed by atoms with van der Waals surface area (Å²) >= 11 is 0. The molecule has 2 rings (SSSR count). The quantitative estimate of drug-likeness (QED) is 0.207. The Labute approximate surface area is 240 Å². The van der Waals surface area contributed by atoms with E-state index in [0.717, 1.165) is 25.5 Å². The van der Waals surface area contributed by atoms with E-state index in [9.17, 15) is 17.4 Å². The number of nitrogens with two attached hydrogens (primary N) is 1. The highest BCUT2D eigenvalue weighted by Gasteiger charge is 2.50. The van der Waals surface area contributed by atoms with Crippen molar-refractivity contribution in [1.29, 1.82) is 0 Å². The van der Waals surface area contributed by atoms with E-state index in [1.54, 1.807) is 27.9 Å². The Morgan fingerprint density at radius 3 is 2.30 bits per heavy atom. The summed E-state index contributed by atoms with van der Waals surface area (Å²) in [5.41, 5.74) is 5.91. The number of hydrogen-bond donors (Lipinski definition) is 2. The molecule has 1 aromatic heterocycles. The van der Waals surface area contributed by atoms with Crippen molar-refractivity contribution in [3.05, 3.63) is 29.6 Å². The molecule has 0 amide bonds. The van der Waals surface area contributed by atoms with E-state index in [0.29, 0.717) is 30.1 Å². The first-order valence-corrected chi connectivity index (χ1v) is 18.3. The van der Waals surface area contributed by atoms with Crippen LogP contribution in [0.25, 0.3) is 11.0 Å². The lowest BCUT2D eigenvalue weighted by molar-refractivity contribution is -0.277. The number of nitrogens with zero attached hydrogens (tertiary/aromatic N) is 2. The third kappa shape index (κ3) is 9.33. The van der Waals surface area contributed by atoms with Crippen LogP contribution in [0.3, 0.4) is 0 Å². The van der Waals surface area contributed by atoms with E-state index >= 15 is 0 Å². The van der Waals surface area contributed by atoms with Gasteiger partial charge in [0.15, 0.2) is 5.60 Å². The van der Waals surface area contributed by atoms with Crippen LogP contribution in [-0.4, -0.2) is 64.8 Å². The maximum absolute atomic E-state index is 13.8. The number of nitrogens with one attached hydrogen (secondary N) is 1. The minimum atomic E-state index is -4.61. The summed E-state index contributed by atoms with van der Waals surface area (Å²) in [7, 11) is -1.43. The number of aromatic nitrogens is 2. The molecule has 0 aliphatic rings. The van der Waals surface area contributed by atoms with Crippen LogP contribution in [0.15, 0.2) is 18.2 Å². The molecule has 2 aromatic rings. The van der Waals surface area contributed by atoms with Crippen molar-refractivity contribution >= 4 is 30.1 Å². The highest BCUT2D eigenvalue weighted by Crippen LogP contribution is 2.37. The van der Waals surface area contributed by atoms with Gasteiger partial charge in [-0.05, 0) is 65.3 Å². The van der Waals surface area contributed by atoms with Crippen LogP contribution in [0.1, 0.15) is 65.0 Å². The Morgan fingerprint density at radius 1 is 1.15 bits per heavy atom. The molecular formula is C27H47F3N4O4SSi. The van der Waals surface area contributed by atoms with E-state index in [2.05, 4.69) is 24.4 Å². The monoisotopic (exact) mass is 608 g/mol. The van der Waals surface area contributed by atoms with Gasteiger partial charge in [0.2, 0.25) is 0 Å². The summed E-state index contributed by atoms with van der Waals surface area (Å²) < 4.78 is 75.6. The largest absolute Gasteiger partial charge is 0.416 e. The average molecular weight is 609 g/mol. The maximum Gasteiger partial charge on any atom is 0.416 e. The Balaban J connectivity index is 2.64. The number of hydrogen-bond acceptors (Lipinski definition) is 6. The number of ether oxygens (including phenoxy) is 3. The van der Waals surface area contributed by atoms with Crippen molar-refractivity contribution in [3.8, 4) is 0 Å². The van der Waals surface area contributed by atoms with Gasteiger partial charge in [-0.25, -0.2) is 13.9 Å². The molecule has 0 aliphatic heterocycles. The van der Waals surface area contributed by atoms with Gasteiger partial charge in [-0.15, -0.1) is 0 Å². The minimum Gasteiger partial charge on any atom is -0.383 e. The molecule has 0 unspecified atom stereocenters. The molecule has 3 N–H and O–H groups in total. The Hall–Kier alpha value is -1.35. The molecule has 0 spiro atoms. The number of methoxy groups -OCH3 is 1. The summed E-state index contributed by atoms with van der Waals surface area (Å²) in [6.45, 7) is 16.6. The van der Waals surface area contributed by atoms with Crippen molar-refractivity contribution < 1.29 is 31.6 Å². The highest BCUT2D eigenvalue weighted by molar-refractivity contribution is 7.84. The average Bonchev–Trinajstić information content (AvgIpc) is 3.15. The molecular weight excluding hydrogens is 561 g/mol. The second kappa shape index (κ2) is 13.3. The first kappa shape index (κ1) is 34.8. The molecule has 230 valence electrons. The van der Waals surface area contributed by atoms with E-state index in [1.807, 2.05) is 22.8 Å². The molecule has 4 atom stereocenters. The maximum atomic E-state index is 13.8. The van der Waals surface area contributed by atoms with Crippen LogP contribution in [0.4, 0.5) is 13.2 Å². The zero-order chi connectivity index (χ0) is 30.7. The first-order valence-electron chi connectivity index (χ1n) is 13.4. The topological polar surface area (TPSA) is 101 Å². The number of rotatable bonds is 14. The molecule has 0 fully saturated rings. The van der Waals surface area contributed by atoms with Crippen LogP contribution in [0.5, 0.6) is 0 Å². The summed E-state index contributed by atoms with van der Waals surface area (Å²) in [4.78, 5) is 4.83. The summed E-state index contributed by atoms with van der Waals surface area (Å²) in [5.74, 6) is 0.364. The highest BCUT2D eigenvalue weighted by atomic mass is 32.2. The van der Waals surface area contributed by atoms with Gasteiger partial charge in [-0.3, -0.25) is 0 Å². The van der Waals surface area contributed by atoms with E-state index in [4.69, 9.17) is 24.9 Å². The van der Waals surface area contributed by atoms with Crippen LogP contribution in [0.2, 0.25) is 25.7 Å². The number of alkyl halides is 3. The van der Waals surface area contributed by atoms with Gasteiger partial charge in [0, 0.05) is 21.8 Å². The fraction of sp³-hybridized carbons (Fsp3) is 0.741. The van der Waals surface area contributed by atoms with Crippen molar-refractivity contribution in [2.45, 2.75) is 109 Å². The predicted molar refractivity (Wildman–Crippen MR) is 157 cm³/mol. The summed E-state index contributed by atoms with van der Waals surface area (Å²) in [6, 6.07) is 5.18. The third-order valence-corrected chi connectivity index (χ3v) is 9.78. The van der Waals surface area contributed by atoms with Gasteiger partial charge in [-0.2, -0.15) is 13.2 Å². The van der Waals surface area contributed by atoms with Crippen molar-refractivity contribution in [3.63, 3.8) is 0 Å². The molecule has 8 nitrogen and oxygen atoms in total. The van der Waals surface area contributed by atoms with Gasteiger partial charge >= 0.3 is 6.18 Å². The lowest BCUT2D eigenvalue weighted by Crippen LogP contribution is -2.48. The molecule has 1 heterocycles. The van der Waals surface area contributed by atoms with Gasteiger partial charge in [0.05, 0.1) is 45.5 Å². The molecule has 0 bridgehead atoms. The standard InChI is InChI=1S/C27H47F3N4O4SSi/c1-18(38-26(5,6)27(28,29)30)23(33-39(35)25(2,3)4)24-32-21-15-19(20(31)16-36-7)11-12-22(21)34(24)17-37-13-14-40(8,9)10/h11-12,15,18,20,23,33H,13-14,16-17,31H2,1-10H3/t18-,20-,23+,39-/m1/s1. The Bertz CT molecular complexity index is 1150. The van der Waals surface area contributed by atoms with Gasteiger partial charge in [0.1, 0.15) is 18.6 Å². The molecule has 0 saturated heterocycles. The van der Waals surface area contributed by atoms with Gasteiger partial charge in [0.25, 0.3) is 0 Å². The number of halogens is 3. The van der Waals surface area contributed by atoms with Gasteiger partial charge < -0.3 is 24.5 Å². The lowest BCUT2D eigenvalue weighted by atomic mass is 10.1. The normalized spacial score (nSPS) is 16.8. The second-order valence-electron chi connectivity index (χ2n) is 12.9. The second-order valence-corrected chi connectivity index (χ2v) is 20.5. The molecule has 40 heavy (non-hydrogen) atoms. The zero-order valence-electron chi connectivity index (χ0n) is 25.4. The van der Waals surface area contributed by atoms with Crippen molar-refractivity contribution in [2.75, 3.05) is 20.3 Å². The Kier molecular flexibility index (Phi) is 11.6. The zero-order valence-corrected chi connectivity index (χ0v) is 27.3. The molecule has 0 saturated carbocycles. The smallest absolute Gasteiger partial charge is 0.383 e. The fourth-order valence-electron chi connectivity index (χ4n) is 3.83. The fourth-order valence-corrected chi connectivity index (χ4v) is 5.47. The van der Waals surface area contributed by atoms with Crippen LogP contribution in [-0.2, 0) is 31.9 Å². The molecule has 0 aliphatic carbocycles. The molecule has 1 aromatic carbocycles. The lowest BCUT2D eigenvalue weighted by Gasteiger charge is -2.35. The Morgan fingerprint density at radius 2 is 1.77 bits per heavy atom. The van der Waals surface area contributed by atoms with Crippen LogP contribution < -0.4 is 10.5 Å². The minimum absolute atomic E-state index is 0.121. The third-order valence-electron chi connectivity index (χ3n) is 6.49. The number of imidazole rings is 1. The van der Waals surface area contributed by atoms with Crippen molar-refractivity contribution in [1.82, 2.24) is 14.3 Å². The summed E-state index contributed by atoms with van der Waals surface area (Å²) in [6.07, 6.45) is -5.67. The predicted octanol–water partition coefficient (Wildman–Crippen LogP) is 5.83. The number of fused-ring (bicyclic) bond motifs is 1. The van der Waals surface area contributed by atoms with E-state index < -0.39 is 47.7 Å². The van der Waals surface area contributed by atoms with Crippen LogP contribution >= 0.6 is 0 Å². The van der Waals surface area contributed by atoms with E-state index in [1.165, 1.54) is 6.92 Å². The van der Waals surface area contributed by atoms with E-state index in [-0.39, 0.29) is 12.8 Å². The van der Waals surface area contributed by atoms with Crippen LogP contribution in [0, 0.1) is 0 Å². The molecule has 13 heteroatoms. The number of benzene rings is 1. The SMILES string of the molecule is COC[C@@H](N)c1ccc2c(c1)nc([C@@H](N[S@](=O)C(C)(C)C)[C@@H](C)OC(C)(C)C(F)(F)F)n2COCC[Si](C)(C)C. The molecule has 0 radical (unpaired) electrons.